The van der Waals surface area contributed by atoms with Gasteiger partial charge in [0.05, 0.1) is 40.8 Å². The van der Waals surface area contributed by atoms with E-state index in [4.69, 9.17) is 9.51 Å². The molecular weight excluding hydrogens is 540 g/mol. The molecular formula is C28H29F2N5O4S. The molecule has 0 unspecified atom stereocenters. The highest BCUT2D eigenvalue weighted by molar-refractivity contribution is 7.88. The van der Waals surface area contributed by atoms with Crippen molar-refractivity contribution < 1.29 is 26.5 Å². The summed E-state index contributed by atoms with van der Waals surface area (Å²) in [4.78, 5) is 19.7. The van der Waals surface area contributed by atoms with E-state index in [1.54, 1.807) is 6.92 Å². The van der Waals surface area contributed by atoms with E-state index in [1.807, 2.05) is 36.6 Å². The van der Waals surface area contributed by atoms with Crippen molar-refractivity contribution in [2.24, 2.45) is 0 Å². The van der Waals surface area contributed by atoms with Crippen LogP contribution >= 0.6 is 0 Å². The van der Waals surface area contributed by atoms with E-state index in [9.17, 15) is 22.0 Å². The normalized spacial score (nSPS) is 20.4. The molecule has 40 heavy (non-hydrogen) atoms. The summed E-state index contributed by atoms with van der Waals surface area (Å²) in [7, 11) is -3.39. The fourth-order valence-electron chi connectivity index (χ4n) is 6.14. The molecule has 12 heteroatoms. The first-order valence-electron chi connectivity index (χ1n) is 13.1. The molecule has 2 aromatic carbocycles. The molecule has 4 heterocycles. The number of fused-ring (bicyclic) bond motifs is 1. The number of aromatic nitrogens is 3. The number of benzene rings is 2. The van der Waals surface area contributed by atoms with Crippen molar-refractivity contribution >= 4 is 32.7 Å². The number of carbonyl (C=O) groups is 1. The van der Waals surface area contributed by atoms with Gasteiger partial charge < -0.3 is 14.0 Å². The van der Waals surface area contributed by atoms with Crippen molar-refractivity contribution in [1.82, 2.24) is 19.0 Å². The molecule has 0 N–H and O–H groups in total. The van der Waals surface area contributed by atoms with Crippen LogP contribution in [0.25, 0.3) is 22.2 Å². The minimum atomic E-state index is -3.39. The van der Waals surface area contributed by atoms with Crippen LogP contribution in [0.15, 0.2) is 34.9 Å². The molecule has 0 radical (unpaired) electrons. The van der Waals surface area contributed by atoms with Crippen molar-refractivity contribution in [3.63, 3.8) is 0 Å². The first-order valence-corrected chi connectivity index (χ1v) is 15.0. The fraction of sp³-hybridized carbons (Fsp3) is 0.393. The third-order valence-corrected chi connectivity index (χ3v) is 9.28. The molecule has 0 spiro atoms. The number of nitrogens with zero attached hydrogens (tertiary/aromatic N) is 5. The van der Waals surface area contributed by atoms with Gasteiger partial charge in [0, 0.05) is 31.1 Å². The lowest BCUT2D eigenvalue weighted by atomic mass is 10.0. The molecule has 4 aromatic rings. The Morgan fingerprint density at radius 2 is 1.80 bits per heavy atom. The summed E-state index contributed by atoms with van der Waals surface area (Å²) in [5, 5.41) is 4.06. The lowest BCUT2D eigenvalue weighted by Gasteiger charge is -2.28. The number of imidazole rings is 1. The number of aryl methyl sites for hydroxylation is 3. The van der Waals surface area contributed by atoms with Gasteiger partial charge in [-0.2, -0.15) is 0 Å². The van der Waals surface area contributed by atoms with Crippen LogP contribution < -0.4 is 4.90 Å². The summed E-state index contributed by atoms with van der Waals surface area (Å²) in [6.07, 6.45) is 2.42. The van der Waals surface area contributed by atoms with Gasteiger partial charge in [-0.3, -0.25) is 4.79 Å². The lowest BCUT2D eigenvalue weighted by Crippen LogP contribution is -2.31. The van der Waals surface area contributed by atoms with Crippen molar-refractivity contribution in [1.29, 1.82) is 0 Å². The van der Waals surface area contributed by atoms with Gasteiger partial charge in [0.1, 0.15) is 11.6 Å². The summed E-state index contributed by atoms with van der Waals surface area (Å²) in [5.41, 5.74) is 4.70. The molecule has 210 valence electrons. The number of amides is 1. The second kappa shape index (κ2) is 9.48. The zero-order chi connectivity index (χ0) is 28.5. The Morgan fingerprint density at radius 1 is 1.05 bits per heavy atom. The SMILES string of the molecule is Cc1cc(F)c(F)cc1N1C(=O)CC[C@H]1c1nc2cc(-c3c(C)noc3C)ccc2n1[C@@H]1CCN(S(C)(=O)=O)C1. The van der Waals surface area contributed by atoms with E-state index in [1.165, 1.54) is 15.5 Å². The van der Waals surface area contributed by atoms with Gasteiger partial charge in [-0.25, -0.2) is 26.5 Å². The van der Waals surface area contributed by atoms with E-state index < -0.39 is 27.7 Å². The topological polar surface area (TPSA) is 102 Å². The number of halogens is 2. The molecule has 1 amide bonds. The molecule has 2 atom stereocenters. The molecule has 2 fully saturated rings. The quantitative estimate of drug-likeness (QED) is 0.336. The Morgan fingerprint density at radius 3 is 2.48 bits per heavy atom. The van der Waals surface area contributed by atoms with E-state index in [-0.39, 0.29) is 24.9 Å². The standard InChI is InChI=1S/C28H29F2N5O4S/c1-15-11-20(29)21(30)13-25(15)35-24(7-8-26(35)36)28-31-22-12-18(27-16(2)32-39-17(27)3)5-6-23(22)34(28)19-9-10-33(14-19)40(4,37)38/h5-6,11-13,19,24H,7-10,14H2,1-4H3/t19-,24+/m1/s1. The molecule has 2 aliphatic heterocycles. The smallest absolute Gasteiger partial charge is 0.227 e. The predicted molar refractivity (Wildman–Crippen MR) is 145 cm³/mol. The highest BCUT2D eigenvalue weighted by Crippen LogP contribution is 2.42. The van der Waals surface area contributed by atoms with E-state index in [0.29, 0.717) is 47.7 Å². The van der Waals surface area contributed by atoms with Crippen molar-refractivity contribution in [3.05, 3.63) is 64.8 Å². The third kappa shape index (κ3) is 4.29. The van der Waals surface area contributed by atoms with Crippen LogP contribution in [-0.2, 0) is 14.8 Å². The van der Waals surface area contributed by atoms with Gasteiger partial charge >= 0.3 is 0 Å². The van der Waals surface area contributed by atoms with Crippen LogP contribution in [0.3, 0.4) is 0 Å². The first kappa shape index (κ1) is 26.6. The Hall–Kier alpha value is -3.64. The Labute approximate surface area is 230 Å². The zero-order valence-electron chi connectivity index (χ0n) is 22.6. The summed E-state index contributed by atoms with van der Waals surface area (Å²) in [6, 6.07) is 7.23. The average Bonchev–Trinajstić information content (AvgIpc) is 3.66. The predicted octanol–water partition coefficient (Wildman–Crippen LogP) is 4.97. The number of hydrogen-bond acceptors (Lipinski definition) is 6. The maximum Gasteiger partial charge on any atom is 0.227 e. The highest BCUT2D eigenvalue weighted by Gasteiger charge is 2.40. The Bertz CT molecular complexity index is 1760. The molecule has 2 aliphatic rings. The third-order valence-electron chi connectivity index (χ3n) is 8.01. The minimum Gasteiger partial charge on any atom is -0.361 e. The number of carbonyl (C=O) groups excluding carboxylic acids is 1. The van der Waals surface area contributed by atoms with Crippen LogP contribution in [-0.4, -0.2) is 52.7 Å². The van der Waals surface area contributed by atoms with Crippen LogP contribution in [0.1, 0.15) is 54.2 Å². The van der Waals surface area contributed by atoms with E-state index >= 15 is 0 Å². The van der Waals surface area contributed by atoms with E-state index in [2.05, 4.69) is 5.16 Å². The number of sulfonamides is 1. The van der Waals surface area contributed by atoms with Gasteiger partial charge in [0.2, 0.25) is 15.9 Å². The molecule has 2 saturated heterocycles. The largest absolute Gasteiger partial charge is 0.361 e. The maximum atomic E-state index is 14.4. The van der Waals surface area contributed by atoms with Gasteiger partial charge in [-0.05, 0) is 62.9 Å². The number of anilines is 1. The van der Waals surface area contributed by atoms with Crippen molar-refractivity contribution in [2.75, 3.05) is 24.2 Å². The van der Waals surface area contributed by atoms with Crippen LogP contribution in [0.2, 0.25) is 0 Å². The monoisotopic (exact) mass is 569 g/mol. The van der Waals surface area contributed by atoms with Crippen LogP contribution in [0.5, 0.6) is 0 Å². The number of hydrogen-bond donors (Lipinski definition) is 0. The highest BCUT2D eigenvalue weighted by atomic mass is 32.2. The molecule has 0 saturated carbocycles. The average molecular weight is 570 g/mol. The van der Waals surface area contributed by atoms with Crippen LogP contribution in [0, 0.1) is 32.4 Å². The summed E-state index contributed by atoms with van der Waals surface area (Å²) < 4.78 is 61.8. The van der Waals surface area contributed by atoms with Gasteiger partial charge in [0.25, 0.3) is 0 Å². The number of rotatable bonds is 5. The molecule has 0 bridgehead atoms. The van der Waals surface area contributed by atoms with Gasteiger partial charge in [0.15, 0.2) is 11.6 Å². The van der Waals surface area contributed by atoms with Gasteiger partial charge in [-0.15, -0.1) is 0 Å². The first-order chi connectivity index (χ1) is 18.9. The lowest BCUT2D eigenvalue weighted by molar-refractivity contribution is -0.117. The van der Waals surface area contributed by atoms with Gasteiger partial charge in [-0.1, -0.05) is 11.2 Å². The minimum absolute atomic E-state index is 0.210. The summed E-state index contributed by atoms with van der Waals surface area (Å²) in [6.45, 7) is 5.99. The molecule has 0 aliphatic carbocycles. The second-order valence-corrected chi connectivity index (χ2v) is 12.7. The fourth-order valence-corrected chi connectivity index (χ4v) is 7.02. The zero-order valence-corrected chi connectivity index (χ0v) is 23.4. The van der Waals surface area contributed by atoms with E-state index in [0.717, 1.165) is 34.5 Å². The molecule has 6 rings (SSSR count). The molecule has 2 aromatic heterocycles. The summed E-state index contributed by atoms with van der Waals surface area (Å²) in [5.74, 6) is -0.955. The maximum absolute atomic E-state index is 14.4. The van der Waals surface area contributed by atoms with Crippen molar-refractivity contribution in [2.45, 2.75) is 52.1 Å². The summed E-state index contributed by atoms with van der Waals surface area (Å²) >= 11 is 0. The Kier molecular flexibility index (Phi) is 6.30. The van der Waals surface area contributed by atoms with Crippen molar-refractivity contribution in [3.8, 4) is 11.1 Å². The second-order valence-electron chi connectivity index (χ2n) is 10.7. The van der Waals surface area contributed by atoms with Crippen LogP contribution in [0.4, 0.5) is 14.5 Å². The molecule has 9 nitrogen and oxygen atoms in total. The Balaban J connectivity index is 1.52.